The lowest BCUT2D eigenvalue weighted by Gasteiger charge is -2.38. The molecule has 2 N–H and O–H groups in total. The lowest BCUT2D eigenvalue weighted by molar-refractivity contribution is -0.0698. The summed E-state index contributed by atoms with van der Waals surface area (Å²) in [6.07, 6.45) is 0.583. The van der Waals surface area contributed by atoms with E-state index in [1.54, 1.807) is 37.3 Å². The fraction of sp³-hybridized carbons (Fsp3) is 0.417. The second-order valence-corrected chi connectivity index (χ2v) is 11.6. The van der Waals surface area contributed by atoms with Gasteiger partial charge in [0, 0.05) is 43.1 Å². The van der Waals surface area contributed by atoms with Gasteiger partial charge in [0.1, 0.15) is 17.0 Å². The maximum atomic E-state index is 13.0. The van der Waals surface area contributed by atoms with Crippen LogP contribution in [0.2, 0.25) is 0 Å². The number of nitrogens with one attached hydrogen (secondary N) is 1. The van der Waals surface area contributed by atoms with Crippen molar-refractivity contribution in [2.75, 3.05) is 24.7 Å². The number of ether oxygens (including phenoxy) is 2. The molecule has 3 heterocycles. The maximum Gasteiger partial charge on any atom is 0.387 e. The van der Waals surface area contributed by atoms with Gasteiger partial charge >= 0.3 is 6.61 Å². The van der Waals surface area contributed by atoms with Gasteiger partial charge < -0.3 is 19.9 Å². The average Bonchev–Trinajstić information content (AvgIpc) is 3.17. The summed E-state index contributed by atoms with van der Waals surface area (Å²) >= 11 is 0. The van der Waals surface area contributed by atoms with Gasteiger partial charge in [-0.3, -0.25) is 4.79 Å². The van der Waals surface area contributed by atoms with E-state index in [-0.39, 0.29) is 22.8 Å². The summed E-state index contributed by atoms with van der Waals surface area (Å²) in [5, 5.41) is 19.4. The van der Waals surface area contributed by atoms with Gasteiger partial charge in [-0.25, -0.2) is 13.1 Å². The van der Waals surface area contributed by atoms with E-state index in [1.807, 2.05) is 0 Å². The Hall–Kier alpha value is -3.09. The van der Waals surface area contributed by atoms with E-state index in [2.05, 4.69) is 15.2 Å². The highest BCUT2D eigenvalue weighted by molar-refractivity contribution is 7.93. The summed E-state index contributed by atoms with van der Waals surface area (Å²) in [4.78, 5) is 13.0. The minimum Gasteiger partial charge on any atom is -0.435 e. The van der Waals surface area contributed by atoms with E-state index >= 15 is 0 Å². The van der Waals surface area contributed by atoms with Crippen molar-refractivity contribution in [2.24, 2.45) is 0 Å². The molecule has 2 aliphatic heterocycles. The van der Waals surface area contributed by atoms with E-state index in [0.717, 1.165) is 0 Å². The largest absolute Gasteiger partial charge is 0.435 e. The molecule has 0 saturated carbocycles. The van der Waals surface area contributed by atoms with Crippen LogP contribution in [0, 0.1) is 0 Å². The number of alkyl halides is 2. The van der Waals surface area contributed by atoms with Gasteiger partial charge in [0.15, 0.2) is 9.84 Å². The molecule has 2 saturated heterocycles. The normalized spacial score (nSPS) is 20.1. The van der Waals surface area contributed by atoms with Gasteiger partial charge in [0.25, 0.3) is 5.91 Å². The van der Waals surface area contributed by atoms with Gasteiger partial charge in [-0.15, -0.1) is 0 Å². The smallest absolute Gasteiger partial charge is 0.387 e. The molecule has 2 aromatic carbocycles. The molecule has 5 rings (SSSR count). The highest BCUT2D eigenvalue weighted by atomic mass is 32.2. The predicted molar refractivity (Wildman–Crippen MR) is 126 cm³/mol. The van der Waals surface area contributed by atoms with Gasteiger partial charge in [-0.2, -0.15) is 13.9 Å². The van der Waals surface area contributed by atoms with Crippen molar-refractivity contribution in [3.8, 4) is 11.4 Å². The van der Waals surface area contributed by atoms with Crippen molar-refractivity contribution >= 4 is 26.6 Å². The second kappa shape index (κ2) is 8.79. The van der Waals surface area contributed by atoms with E-state index in [0.29, 0.717) is 48.3 Å². The minimum atomic E-state index is -3.15. The summed E-state index contributed by atoms with van der Waals surface area (Å²) < 4.78 is 60.2. The van der Waals surface area contributed by atoms with Crippen LogP contribution in [0.25, 0.3) is 16.6 Å². The number of carbonyl (C=O) groups excluding carboxylic acids is 1. The molecular formula is C24H25F2N3O6S. The molecule has 2 fully saturated rings. The third-order valence-electron chi connectivity index (χ3n) is 6.48. The van der Waals surface area contributed by atoms with Crippen molar-refractivity contribution in [1.29, 1.82) is 0 Å². The van der Waals surface area contributed by atoms with Gasteiger partial charge in [-0.05, 0) is 37.3 Å². The SMILES string of the molecule is CC1(NC(=O)c2ccc3c(c2)c(C2(O)CCOCC2)nn3-c2cccc(OC(F)F)c2)CS(=O)(=O)C1. The third-order valence-corrected chi connectivity index (χ3v) is 8.64. The van der Waals surface area contributed by atoms with Gasteiger partial charge in [0.2, 0.25) is 0 Å². The number of nitrogens with zero attached hydrogens (tertiary/aromatic N) is 2. The van der Waals surface area contributed by atoms with Gasteiger partial charge in [-0.1, -0.05) is 6.07 Å². The molecule has 12 heteroatoms. The van der Waals surface area contributed by atoms with Crippen LogP contribution in [-0.4, -0.2) is 66.1 Å². The molecule has 2 aliphatic rings. The zero-order valence-electron chi connectivity index (χ0n) is 19.4. The monoisotopic (exact) mass is 521 g/mol. The Morgan fingerprint density at radius 3 is 2.58 bits per heavy atom. The Morgan fingerprint density at radius 2 is 1.92 bits per heavy atom. The Labute approximate surface area is 205 Å². The molecule has 0 bridgehead atoms. The number of benzene rings is 2. The first kappa shape index (κ1) is 24.6. The minimum absolute atomic E-state index is 0.0443. The molecule has 1 aromatic heterocycles. The Balaban J connectivity index is 1.58. The molecule has 0 atom stereocenters. The Bertz CT molecular complexity index is 1420. The van der Waals surface area contributed by atoms with Crippen LogP contribution >= 0.6 is 0 Å². The fourth-order valence-electron chi connectivity index (χ4n) is 4.88. The molecule has 9 nitrogen and oxygen atoms in total. The van der Waals surface area contributed by atoms with Crippen LogP contribution in [0.4, 0.5) is 8.78 Å². The standard InChI is InChI=1S/C24H25F2N3O6S/c1-23(13-36(32,33)14-23)27-21(30)15-5-6-19-18(11-15)20(24(31)7-9-34-10-8-24)28-29(19)16-3-2-4-17(12-16)35-22(25)26/h2-6,11-12,22,31H,7-10,13-14H2,1H3,(H,27,30). The molecular weight excluding hydrogens is 496 g/mol. The van der Waals surface area contributed by atoms with E-state index < -0.39 is 33.5 Å². The highest BCUT2D eigenvalue weighted by Gasteiger charge is 2.46. The first-order valence-corrected chi connectivity index (χ1v) is 13.2. The zero-order valence-corrected chi connectivity index (χ0v) is 20.2. The number of amides is 1. The number of sulfone groups is 1. The lowest BCUT2D eigenvalue weighted by atomic mass is 9.88. The number of carbonyl (C=O) groups is 1. The second-order valence-electron chi connectivity index (χ2n) is 9.56. The molecule has 0 unspecified atom stereocenters. The maximum absolute atomic E-state index is 13.0. The molecule has 36 heavy (non-hydrogen) atoms. The fourth-order valence-corrected chi connectivity index (χ4v) is 6.89. The zero-order chi connectivity index (χ0) is 25.7. The number of halogens is 2. The highest BCUT2D eigenvalue weighted by Crippen LogP contribution is 2.37. The van der Waals surface area contributed by atoms with Crippen molar-refractivity contribution in [1.82, 2.24) is 15.1 Å². The number of aliphatic hydroxyl groups is 1. The number of hydrogen-bond donors (Lipinski definition) is 2. The summed E-state index contributed by atoms with van der Waals surface area (Å²) in [5.41, 5.74) is -0.561. The number of fused-ring (bicyclic) bond motifs is 1. The summed E-state index contributed by atoms with van der Waals surface area (Å²) in [6, 6.07) is 10.9. The average molecular weight is 522 g/mol. The summed E-state index contributed by atoms with van der Waals surface area (Å²) in [6.45, 7) is -0.653. The van der Waals surface area contributed by atoms with Gasteiger partial charge in [0.05, 0.1) is 28.2 Å². The van der Waals surface area contributed by atoms with Crippen LogP contribution < -0.4 is 10.1 Å². The van der Waals surface area contributed by atoms with Crippen molar-refractivity contribution in [3.63, 3.8) is 0 Å². The summed E-state index contributed by atoms with van der Waals surface area (Å²) in [5.74, 6) is -0.751. The van der Waals surface area contributed by atoms with Crippen LogP contribution in [0.1, 0.15) is 35.8 Å². The molecule has 192 valence electrons. The van der Waals surface area contributed by atoms with Crippen LogP contribution in [0.3, 0.4) is 0 Å². The Kier molecular flexibility index (Phi) is 6.00. The molecule has 3 aromatic rings. The number of hydrogen-bond acceptors (Lipinski definition) is 7. The van der Waals surface area contributed by atoms with E-state index in [9.17, 15) is 27.1 Å². The van der Waals surface area contributed by atoms with Crippen LogP contribution in [0.15, 0.2) is 42.5 Å². The lowest BCUT2D eigenvalue weighted by Crippen LogP contribution is -2.63. The van der Waals surface area contributed by atoms with E-state index in [4.69, 9.17) is 4.74 Å². The molecule has 0 spiro atoms. The molecule has 1 amide bonds. The molecule has 0 radical (unpaired) electrons. The third kappa shape index (κ3) is 4.67. The summed E-state index contributed by atoms with van der Waals surface area (Å²) in [7, 11) is -3.15. The topological polar surface area (TPSA) is 120 Å². The quantitative estimate of drug-likeness (QED) is 0.512. The first-order chi connectivity index (χ1) is 17.0. The van der Waals surface area contributed by atoms with Crippen LogP contribution in [0.5, 0.6) is 5.75 Å². The first-order valence-electron chi connectivity index (χ1n) is 11.4. The Morgan fingerprint density at radius 1 is 1.19 bits per heavy atom. The van der Waals surface area contributed by atoms with E-state index in [1.165, 1.54) is 16.8 Å². The molecule has 0 aliphatic carbocycles. The number of rotatable bonds is 6. The van der Waals surface area contributed by atoms with Crippen LogP contribution in [-0.2, 0) is 20.2 Å². The van der Waals surface area contributed by atoms with Crippen molar-refractivity contribution < 1.29 is 36.6 Å². The van der Waals surface area contributed by atoms with Crippen molar-refractivity contribution in [3.05, 3.63) is 53.7 Å². The predicted octanol–water partition coefficient (Wildman–Crippen LogP) is 2.54. The number of aromatic nitrogens is 2. The van der Waals surface area contributed by atoms with Crippen molar-refractivity contribution in [2.45, 2.75) is 37.5 Å².